The average molecular weight is 390 g/mol. The van der Waals surface area contributed by atoms with E-state index < -0.39 is 9.84 Å². The lowest BCUT2D eigenvalue weighted by Gasteiger charge is -2.13. The summed E-state index contributed by atoms with van der Waals surface area (Å²) in [6, 6.07) is 13.3. The maximum Gasteiger partial charge on any atom is 0.191 e. The molecule has 0 aliphatic heterocycles. The Hall–Kier alpha value is -2.54. The summed E-state index contributed by atoms with van der Waals surface area (Å²) < 4.78 is 28.6. The van der Waals surface area contributed by atoms with E-state index in [0.717, 1.165) is 29.8 Å². The lowest BCUT2D eigenvalue weighted by molar-refractivity contribution is 0.414. The first-order valence-corrected chi connectivity index (χ1v) is 10.6. The van der Waals surface area contributed by atoms with Crippen LogP contribution < -0.4 is 15.4 Å². The van der Waals surface area contributed by atoms with Crippen LogP contribution in [0, 0.1) is 6.92 Å². The van der Waals surface area contributed by atoms with Gasteiger partial charge in [0.2, 0.25) is 0 Å². The molecule has 27 heavy (non-hydrogen) atoms. The van der Waals surface area contributed by atoms with E-state index in [1.165, 1.54) is 11.8 Å². The van der Waals surface area contributed by atoms with E-state index in [9.17, 15) is 8.42 Å². The summed E-state index contributed by atoms with van der Waals surface area (Å²) in [5.41, 5.74) is 2.93. The van der Waals surface area contributed by atoms with Gasteiger partial charge in [-0.25, -0.2) is 8.42 Å². The normalized spacial score (nSPS) is 11.9. The molecule has 0 fully saturated rings. The van der Waals surface area contributed by atoms with Crippen molar-refractivity contribution in [2.24, 2.45) is 4.99 Å². The van der Waals surface area contributed by atoms with Crippen molar-refractivity contribution in [3.63, 3.8) is 0 Å². The SMILES string of the molecule is CN=C(NCCc1cccc(OC)c1)NCc1ccc(S(C)(=O)=O)c(C)c1. The quantitative estimate of drug-likeness (QED) is 0.561. The van der Waals surface area contributed by atoms with Crippen LogP contribution in [-0.2, 0) is 22.8 Å². The molecule has 2 aromatic rings. The zero-order valence-electron chi connectivity index (χ0n) is 16.2. The van der Waals surface area contributed by atoms with E-state index >= 15 is 0 Å². The molecule has 0 unspecified atom stereocenters. The smallest absolute Gasteiger partial charge is 0.191 e. The van der Waals surface area contributed by atoms with Gasteiger partial charge in [-0.05, 0) is 48.2 Å². The van der Waals surface area contributed by atoms with Gasteiger partial charge in [-0.15, -0.1) is 0 Å². The lowest BCUT2D eigenvalue weighted by Crippen LogP contribution is -2.37. The second kappa shape index (κ2) is 9.41. The fourth-order valence-electron chi connectivity index (χ4n) is 2.80. The molecule has 0 aromatic heterocycles. The number of aliphatic imine (C=N–C) groups is 1. The van der Waals surface area contributed by atoms with Gasteiger partial charge in [-0.2, -0.15) is 0 Å². The van der Waals surface area contributed by atoms with Crippen molar-refractivity contribution in [3.8, 4) is 5.75 Å². The van der Waals surface area contributed by atoms with E-state index in [4.69, 9.17) is 4.74 Å². The Morgan fingerprint density at radius 3 is 2.52 bits per heavy atom. The average Bonchev–Trinajstić information content (AvgIpc) is 2.63. The van der Waals surface area contributed by atoms with Crippen LogP contribution in [0.3, 0.4) is 0 Å². The number of guanidine groups is 1. The maximum atomic E-state index is 11.7. The van der Waals surface area contributed by atoms with E-state index in [1.54, 1.807) is 27.1 Å². The second-order valence-corrected chi connectivity index (χ2v) is 8.31. The van der Waals surface area contributed by atoms with Crippen LogP contribution in [0.1, 0.15) is 16.7 Å². The lowest BCUT2D eigenvalue weighted by atomic mass is 10.1. The zero-order chi connectivity index (χ0) is 19.9. The molecule has 0 radical (unpaired) electrons. The molecule has 0 spiro atoms. The number of nitrogens with one attached hydrogen (secondary N) is 2. The molecule has 2 N–H and O–H groups in total. The van der Waals surface area contributed by atoms with Gasteiger partial charge in [0.05, 0.1) is 12.0 Å². The molecule has 7 heteroatoms. The first-order valence-electron chi connectivity index (χ1n) is 8.70. The maximum absolute atomic E-state index is 11.7. The van der Waals surface area contributed by atoms with Crippen LogP contribution in [0.25, 0.3) is 0 Å². The van der Waals surface area contributed by atoms with Crippen LogP contribution in [0.2, 0.25) is 0 Å². The fourth-order valence-corrected chi connectivity index (χ4v) is 3.76. The van der Waals surface area contributed by atoms with Gasteiger partial charge in [0.25, 0.3) is 0 Å². The minimum Gasteiger partial charge on any atom is -0.497 e. The number of hydrogen-bond acceptors (Lipinski definition) is 4. The molecule has 0 atom stereocenters. The van der Waals surface area contributed by atoms with Crippen LogP contribution in [0.15, 0.2) is 52.4 Å². The van der Waals surface area contributed by atoms with E-state index in [-0.39, 0.29) is 0 Å². The first kappa shape index (κ1) is 20.8. The summed E-state index contributed by atoms with van der Waals surface area (Å²) in [6.07, 6.45) is 2.07. The highest BCUT2D eigenvalue weighted by Gasteiger charge is 2.11. The summed E-state index contributed by atoms with van der Waals surface area (Å²) in [5, 5.41) is 6.52. The molecule has 0 bridgehead atoms. The largest absolute Gasteiger partial charge is 0.497 e. The molecular weight excluding hydrogens is 362 g/mol. The minimum atomic E-state index is -3.20. The Morgan fingerprint density at radius 1 is 1.11 bits per heavy atom. The number of rotatable bonds is 7. The molecule has 146 valence electrons. The fraction of sp³-hybridized carbons (Fsp3) is 0.350. The van der Waals surface area contributed by atoms with Gasteiger partial charge in [0.15, 0.2) is 15.8 Å². The highest BCUT2D eigenvalue weighted by molar-refractivity contribution is 7.90. The Labute approximate surface area is 161 Å². The molecule has 0 saturated carbocycles. The number of benzene rings is 2. The Morgan fingerprint density at radius 2 is 1.89 bits per heavy atom. The van der Waals surface area contributed by atoms with E-state index in [1.807, 2.05) is 30.3 Å². The summed E-state index contributed by atoms with van der Waals surface area (Å²) in [6.45, 7) is 3.10. The topological polar surface area (TPSA) is 79.8 Å². The van der Waals surface area contributed by atoms with Crippen molar-refractivity contribution >= 4 is 15.8 Å². The van der Waals surface area contributed by atoms with E-state index in [0.29, 0.717) is 17.4 Å². The molecule has 0 amide bonds. The molecule has 0 heterocycles. The highest BCUT2D eigenvalue weighted by Crippen LogP contribution is 2.16. The number of nitrogens with zero attached hydrogens (tertiary/aromatic N) is 1. The van der Waals surface area contributed by atoms with Crippen molar-refractivity contribution < 1.29 is 13.2 Å². The molecule has 0 aliphatic rings. The number of ether oxygens (including phenoxy) is 1. The molecule has 2 rings (SSSR count). The van der Waals surface area contributed by atoms with Crippen molar-refractivity contribution in [2.75, 3.05) is 27.0 Å². The second-order valence-electron chi connectivity index (χ2n) is 6.33. The molecular formula is C20H27N3O3S. The number of hydrogen-bond donors (Lipinski definition) is 2. The highest BCUT2D eigenvalue weighted by atomic mass is 32.2. The predicted molar refractivity (Wildman–Crippen MR) is 109 cm³/mol. The third kappa shape index (κ3) is 6.29. The predicted octanol–water partition coefficient (Wildman–Crippen LogP) is 2.31. The van der Waals surface area contributed by atoms with Crippen LogP contribution >= 0.6 is 0 Å². The zero-order valence-corrected chi connectivity index (χ0v) is 17.1. The van der Waals surface area contributed by atoms with E-state index in [2.05, 4.69) is 21.7 Å². The van der Waals surface area contributed by atoms with Gasteiger partial charge >= 0.3 is 0 Å². The van der Waals surface area contributed by atoms with Crippen molar-refractivity contribution in [2.45, 2.75) is 24.8 Å². The first-order chi connectivity index (χ1) is 12.8. The van der Waals surface area contributed by atoms with Crippen molar-refractivity contribution in [3.05, 3.63) is 59.2 Å². The van der Waals surface area contributed by atoms with Gasteiger partial charge in [0, 0.05) is 26.4 Å². The summed E-state index contributed by atoms with van der Waals surface area (Å²) >= 11 is 0. The summed E-state index contributed by atoms with van der Waals surface area (Å²) in [5.74, 6) is 1.55. The van der Waals surface area contributed by atoms with Gasteiger partial charge in [-0.3, -0.25) is 4.99 Å². The third-order valence-corrected chi connectivity index (χ3v) is 5.42. The summed E-state index contributed by atoms with van der Waals surface area (Å²) in [4.78, 5) is 4.59. The van der Waals surface area contributed by atoms with Gasteiger partial charge in [-0.1, -0.05) is 24.3 Å². The van der Waals surface area contributed by atoms with Crippen LogP contribution in [-0.4, -0.2) is 41.3 Å². The van der Waals surface area contributed by atoms with Crippen LogP contribution in [0.5, 0.6) is 5.75 Å². The van der Waals surface area contributed by atoms with Gasteiger partial charge in [0.1, 0.15) is 5.75 Å². The standard InChI is InChI=1S/C20H27N3O3S/c1-15-12-17(8-9-19(15)27(4,24)25)14-23-20(21-2)22-11-10-16-6-5-7-18(13-16)26-3/h5-9,12-13H,10-11,14H2,1-4H3,(H2,21,22,23). The number of sulfone groups is 1. The van der Waals surface area contributed by atoms with Crippen molar-refractivity contribution in [1.82, 2.24) is 10.6 Å². The Balaban J connectivity index is 1.87. The number of aryl methyl sites for hydroxylation is 1. The Kier molecular flexibility index (Phi) is 7.24. The molecule has 0 aliphatic carbocycles. The number of methoxy groups -OCH3 is 1. The third-order valence-electron chi connectivity index (χ3n) is 4.16. The molecule has 2 aromatic carbocycles. The summed E-state index contributed by atoms with van der Waals surface area (Å²) in [7, 11) is 0.186. The Bertz CT molecular complexity index is 908. The minimum absolute atomic E-state index is 0.368. The van der Waals surface area contributed by atoms with Crippen LogP contribution in [0.4, 0.5) is 0 Å². The monoisotopic (exact) mass is 389 g/mol. The molecule has 6 nitrogen and oxygen atoms in total. The van der Waals surface area contributed by atoms with Gasteiger partial charge < -0.3 is 15.4 Å². The molecule has 0 saturated heterocycles. The van der Waals surface area contributed by atoms with Crippen molar-refractivity contribution in [1.29, 1.82) is 0 Å².